The molecule has 2 rings (SSSR count). The Labute approximate surface area is 92.1 Å². The van der Waals surface area contributed by atoms with Crippen LogP contribution in [0.2, 0.25) is 0 Å². The quantitative estimate of drug-likeness (QED) is 0.782. The molecule has 2 aromatic rings. The van der Waals surface area contributed by atoms with Gasteiger partial charge in [0.2, 0.25) is 0 Å². The third-order valence-electron chi connectivity index (χ3n) is 2.32. The fourth-order valence-corrected chi connectivity index (χ4v) is 1.56. The highest BCUT2D eigenvalue weighted by Gasteiger charge is 2.18. The molecule has 0 aliphatic heterocycles. The maximum atomic E-state index is 11.2. The zero-order valence-corrected chi connectivity index (χ0v) is 9.01. The summed E-state index contributed by atoms with van der Waals surface area (Å²) in [6.45, 7) is 1.85. The molecule has 0 spiro atoms. The van der Waals surface area contributed by atoms with Gasteiger partial charge in [0.1, 0.15) is 5.69 Å². The van der Waals surface area contributed by atoms with Gasteiger partial charge in [0.05, 0.1) is 0 Å². The topological polar surface area (TPSA) is 86.7 Å². The number of rotatable bonds is 2. The van der Waals surface area contributed by atoms with Crippen molar-refractivity contribution in [3.63, 3.8) is 0 Å². The number of primary amides is 1. The van der Waals surface area contributed by atoms with E-state index in [1.807, 2.05) is 13.0 Å². The molecule has 16 heavy (non-hydrogen) atoms. The van der Waals surface area contributed by atoms with Crippen LogP contribution in [0.4, 0.5) is 0 Å². The minimum Gasteiger partial charge on any atom is -0.364 e. The van der Waals surface area contributed by atoms with Gasteiger partial charge >= 0.3 is 0 Å². The van der Waals surface area contributed by atoms with E-state index in [2.05, 4.69) is 15.3 Å². The zero-order valence-electron chi connectivity index (χ0n) is 9.01. The van der Waals surface area contributed by atoms with Crippen LogP contribution in [-0.4, -0.2) is 25.9 Å². The molecule has 0 bridgehead atoms. The molecule has 1 amide bonds. The van der Waals surface area contributed by atoms with Gasteiger partial charge in [0.25, 0.3) is 5.91 Å². The Balaban J connectivity index is 2.68. The smallest absolute Gasteiger partial charge is 0.271 e. The van der Waals surface area contributed by atoms with E-state index < -0.39 is 5.91 Å². The Morgan fingerprint density at radius 3 is 2.88 bits per heavy atom. The molecule has 0 aliphatic carbocycles. The normalized spacial score (nSPS) is 10.4. The predicted octanol–water partition coefficient (Wildman–Crippen LogP) is 0.284. The molecular formula is C10H11N5O. The number of hydrogen-bond acceptors (Lipinski definition) is 4. The minimum atomic E-state index is -0.591. The van der Waals surface area contributed by atoms with Crippen LogP contribution in [0.5, 0.6) is 0 Å². The molecule has 0 aromatic carbocycles. The first-order chi connectivity index (χ1) is 7.61. The van der Waals surface area contributed by atoms with Crippen LogP contribution < -0.4 is 5.73 Å². The maximum absolute atomic E-state index is 11.2. The van der Waals surface area contributed by atoms with Crippen LogP contribution in [0, 0.1) is 6.92 Å². The van der Waals surface area contributed by atoms with Crippen molar-refractivity contribution >= 4 is 5.91 Å². The molecular weight excluding hydrogens is 206 g/mol. The predicted molar refractivity (Wildman–Crippen MR) is 57.5 cm³/mol. The molecule has 6 heteroatoms. The Kier molecular flexibility index (Phi) is 2.40. The summed E-state index contributed by atoms with van der Waals surface area (Å²) in [4.78, 5) is 15.4. The summed E-state index contributed by atoms with van der Waals surface area (Å²) in [6.07, 6.45) is 1.69. The highest BCUT2D eigenvalue weighted by atomic mass is 16.1. The van der Waals surface area contributed by atoms with Crippen molar-refractivity contribution in [1.29, 1.82) is 0 Å². The second-order valence-corrected chi connectivity index (χ2v) is 3.41. The lowest BCUT2D eigenvalue weighted by Crippen LogP contribution is -2.13. The van der Waals surface area contributed by atoms with Gasteiger partial charge in [0.15, 0.2) is 5.69 Å². The number of pyridine rings is 1. The Bertz CT molecular complexity index is 546. The molecule has 0 saturated carbocycles. The number of hydrogen-bond donors (Lipinski definition) is 1. The third-order valence-corrected chi connectivity index (χ3v) is 2.32. The summed E-state index contributed by atoms with van der Waals surface area (Å²) in [5, 5.41) is 7.54. The lowest BCUT2D eigenvalue weighted by atomic mass is 10.1. The molecule has 0 aliphatic rings. The number of carbonyl (C=O) groups excluding carboxylic acids is 1. The van der Waals surface area contributed by atoms with Crippen LogP contribution in [0.25, 0.3) is 11.3 Å². The van der Waals surface area contributed by atoms with Gasteiger partial charge in [-0.2, -0.15) is 0 Å². The number of aryl methyl sites for hydroxylation is 2. The summed E-state index contributed by atoms with van der Waals surface area (Å²) >= 11 is 0. The summed E-state index contributed by atoms with van der Waals surface area (Å²) < 4.78 is 1.52. The van der Waals surface area contributed by atoms with Crippen LogP contribution in [0.3, 0.4) is 0 Å². The van der Waals surface area contributed by atoms with Crippen molar-refractivity contribution < 1.29 is 4.79 Å². The molecule has 0 unspecified atom stereocenters. The second-order valence-electron chi connectivity index (χ2n) is 3.41. The first kappa shape index (κ1) is 10.3. The van der Waals surface area contributed by atoms with Crippen LogP contribution >= 0.6 is 0 Å². The first-order valence-corrected chi connectivity index (χ1v) is 4.72. The zero-order chi connectivity index (χ0) is 11.7. The van der Waals surface area contributed by atoms with Crippen molar-refractivity contribution in [3.05, 3.63) is 29.7 Å². The van der Waals surface area contributed by atoms with Crippen molar-refractivity contribution in [2.24, 2.45) is 12.8 Å². The summed E-state index contributed by atoms with van der Waals surface area (Å²) in [5.74, 6) is -0.591. The molecule has 0 atom stereocenters. The molecule has 82 valence electrons. The summed E-state index contributed by atoms with van der Waals surface area (Å²) in [6, 6.07) is 3.65. The average molecular weight is 217 g/mol. The molecule has 2 aromatic heterocycles. The molecule has 6 nitrogen and oxygen atoms in total. The SMILES string of the molecule is Cc1ncccc1-c1c(C(N)=O)nnn1C. The van der Waals surface area contributed by atoms with E-state index in [9.17, 15) is 4.79 Å². The fraction of sp³-hybridized carbons (Fsp3) is 0.200. The van der Waals surface area contributed by atoms with Gasteiger partial charge < -0.3 is 5.73 Å². The number of carbonyl (C=O) groups is 1. The van der Waals surface area contributed by atoms with Crippen LogP contribution in [-0.2, 0) is 7.05 Å². The van der Waals surface area contributed by atoms with E-state index >= 15 is 0 Å². The molecule has 0 saturated heterocycles. The number of nitrogens with zero attached hydrogens (tertiary/aromatic N) is 4. The third kappa shape index (κ3) is 1.54. The molecule has 2 heterocycles. The van der Waals surface area contributed by atoms with Gasteiger partial charge in [-0.1, -0.05) is 5.21 Å². The molecule has 2 N–H and O–H groups in total. The van der Waals surface area contributed by atoms with Crippen LogP contribution in [0.15, 0.2) is 18.3 Å². The van der Waals surface area contributed by atoms with E-state index in [1.165, 1.54) is 4.68 Å². The highest BCUT2D eigenvalue weighted by Crippen LogP contribution is 2.23. The van der Waals surface area contributed by atoms with E-state index in [1.54, 1.807) is 19.3 Å². The average Bonchev–Trinajstić information content (AvgIpc) is 2.61. The standard InChI is InChI=1S/C10H11N5O/c1-6-7(4-3-5-12-6)9-8(10(11)16)13-14-15(9)2/h3-5H,1-2H3,(H2,11,16). The molecule has 0 radical (unpaired) electrons. The second kappa shape index (κ2) is 3.73. The van der Waals surface area contributed by atoms with Crippen molar-refractivity contribution in [3.8, 4) is 11.3 Å². The van der Waals surface area contributed by atoms with Gasteiger partial charge in [-0.25, -0.2) is 4.68 Å². The van der Waals surface area contributed by atoms with E-state index in [0.29, 0.717) is 5.69 Å². The van der Waals surface area contributed by atoms with Gasteiger partial charge in [0, 0.05) is 24.5 Å². The van der Waals surface area contributed by atoms with Crippen molar-refractivity contribution in [2.75, 3.05) is 0 Å². The maximum Gasteiger partial charge on any atom is 0.271 e. The minimum absolute atomic E-state index is 0.165. The van der Waals surface area contributed by atoms with Gasteiger partial charge in [-0.3, -0.25) is 9.78 Å². The van der Waals surface area contributed by atoms with E-state index in [-0.39, 0.29) is 5.69 Å². The largest absolute Gasteiger partial charge is 0.364 e. The number of aromatic nitrogens is 4. The summed E-state index contributed by atoms with van der Waals surface area (Å²) in [5.41, 5.74) is 7.61. The first-order valence-electron chi connectivity index (χ1n) is 4.72. The van der Waals surface area contributed by atoms with Crippen molar-refractivity contribution in [1.82, 2.24) is 20.0 Å². The lowest BCUT2D eigenvalue weighted by molar-refractivity contribution is 0.0996. The van der Waals surface area contributed by atoms with Gasteiger partial charge in [-0.15, -0.1) is 5.10 Å². The van der Waals surface area contributed by atoms with E-state index in [0.717, 1.165) is 11.3 Å². The highest BCUT2D eigenvalue weighted by molar-refractivity contribution is 5.97. The Hall–Kier alpha value is -2.24. The monoisotopic (exact) mass is 217 g/mol. The number of amides is 1. The molecule has 0 fully saturated rings. The summed E-state index contributed by atoms with van der Waals surface area (Å²) in [7, 11) is 1.71. The van der Waals surface area contributed by atoms with Gasteiger partial charge in [-0.05, 0) is 19.1 Å². The Morgan fingerprint density at radius 1 is 1.50 bits per heavy atom. The van der Waals surface area contributed by atoms with Crippen LogP contribution in [0.1, 0.15) is 16.2 Å². The van der Waals surface area contributed by atoms with E-state index in [4.69, 9.17) is 5.73 Å². The number of nitrogens with two attached hydrogens (primary N) is 1. The Morgan fingerprint density at radius 2 is 2.25 bits per heavy atom. The van der Waals surface area contributed by atoms with Crippen molar-refractivity contribution in [2.45, 2.75) is 6.92 Å². The fourth-order valence-electron chi connectivity index (χ4n) is 1.56. The lowest BCUT2D eigenvalue weighted by Gasteiger charge is -2.05.